The van der Waals surface area contributed by atoms with Crippen molar-refractivity contribution in [2.45, 2.75) is 142 Å². The Hall–Kier alpha value is -0.120. The van der Waals surface area contributed by atoms with Crippen LogP contribution in [0.4, 0.5) is 0 Å². The Bertz CT molecular complexity index is 603. The Labute approximate surface area is 202 Å². The van der Waals surface area contributed by atoms with E-state index in [9.17, 15) is 0 Å². The first kappa shape index (κ1) is 21.2. The average molecular weight is 452 g/mol. The summed E-state index contributed by atoms with van der Waals surface area (Å²) < 4.78 is 22.1. The molecule has 3 N–H and O–H groups in total. The van der Waals surface area contributed by atoms with Gasteiger partial charge in [-0.1, -0.05) is 20.8 Å². The molecule has 0 radical (unpaired) electrons. The first-order chi connectivity index (χ1) is 16.8. The molecule has 3 nitrogen and oxygen atoms in total. The van der Waals surface area contributed by atoms with Crippen LogP contribution in [-0.4, -0.2) is 37.9 Å². The van der Waals surface area contributed by atoms with Gasteiger partial charge in [-0.3, -0.25) is 0 Å². The van der Waals surface area contributed by atoms with Gasteiger partial charge in [0.05, 0.1) is 18.3 Å². The maximum Gasteiger partial charge on any atom is 0.210 e. The zero-order valence-electron chi connectivity index (χ0n) is 24.2. The van der Waals surface area contributed by atoms with Crippen LogP contribution in [-0.2, 0) is 0 Å². The molecule has 4 saturated carbocycles. The number of rotatable bonds is 8. The average Bonchev–Trinajstić information content (AvgIpc) is 2.92. The molecule has 0 aromatic rings. The maximum atomic E-state index is 7.39. The lowest BCUT2D eigenvalue weighted by atomic mass is 9.50. The highest BCUT2D eigenvalue weighted by atomic mass is 16.3. The third kappa shape index (κ3) is 5.10. The van der Waals surface area contributed by atoms with Crippen LogP contribution in [0.15, 0.2) is 0 Å². The molecule has 4 rings (SSSR count). The summed E-state index contributed by atoms with van der Waals surface area (Å²) in [5.41, 5.74) is 0.736. The summed E-state index contributed by atoms with van der Waals surface area (Å²) in [7, 11) is 0. The molecule has 4 aliphatic carbocycles. The molecular weight excluding hydrogens is 396 g/mol. The van der Waals surface area contributed by atoms with Gasteiger partial charge in [-0.25, -0.2) is 0 Å². The van der Waals surface area contributed by atoms with Gasteiger partial charge in [0.25, 0.3) is 0 Å². The van der Waals surface area contributed by atoms with E-state index >= 15 is 0 Å². The highest BCUT2D eigenvalue weighted by Gasteiger charge is 2.50. The topological polar surface area (TPSA) is 60.7 Å². The van der Waals surface area contributed by atoms with E-state index in [0.29, 0.717) is 10.8 Å². The summed E-state index contributed by atoms with van der Waals surface area (Å²) in [5.74, 6) is 3.84. The fourth-order valence-corrected chi connectivity index (χ4v) is 8.97. The Morgan fingerprint density at radius 1 is 0.438 bits per heavy atom. The smallest absolute Gasteiger partial charge is 0.210 e. The molecule has 186 valence electrons. The SMILES string of the molecule is [2H]OC1CCC(C(C)(C)C2CCC(C(C)(C3CCC(O[2H])CC3)C3CCC(O[2H])CC3)CC2)CC1. The third-order valence-corrected chi connectivity index (χ3v) is 11.5. The number of hydrogen-bond donors (Lipinski definition) is 3. The van der Waals surface area contributed by atoms with E-state index in [1.54, 1.807) is 0 Å². The van der Waals surface area contributed by atoms with E-state index in [0.717, 1.165) is 68.1 Å². The number of hydrogen-bond acceptors (Lipinski definition) is 3. The minimum absolute atomic E-state index is 0.134. The fraction of sp³-hybridized carbons (Fsp3) is 1.00. The molecular formula is C29H52O3. The highest BCUT2D eigenvalue weighted by Crippen LogP contribution is 2.58. The predicted octanol–water partition coefficient (Wildman–Crippen LogP) is 6.48. The third-order valence-electron chi connectivity index (χ3n) is 11.5. The minimum Gasteiger partial charge on any atom is -0.393 e. The van der Waals surface area contributed by atoms with Crippen molar-refractivity contribution in [1.29, 1.82) is 4.29 Å². The lowest BCUT2D eigenvalue weighted by molar-refractivity contribution is -0.0718. The van der Waals surface area contributed by atoms with Crippen molar-refractivity contribution in [3.8, 4) is 0 Å². The van der Waals surface area contributed by atoms with Crippen molar-refractivity contribution in [3.05, 3.63) is 0 Å². The Morgan fingerprint density at radius 2 is 0.688 bits per heavy atom. The summed E-state index contributed by atoms with van der Waals surface area (Å²) in [5, 5.41) is 14.9. The number of aliphatic hydroxyl groups excluding tert-OH is 3. The second-order valence-corrected chi connectivity index (χ2v) is 13.2. The summed E-state index contributed by atoms with van der Waals surface area (Å²) in [6, 6.07) is 0. The van der Waals surface area contributed by atoms with E-state index in [4.69, 9.17) is 19.6 Å². The molecule has 4 fully saturated rings. The maximum absolute atomic E-state index is 7.39. The molecule has 3 heteroatoms. The number of aliphatic hydroxyl groups is 3. The standard InChI is InChI=1S/C29H52O3/c1-28(2,21-8-14-25(30)15-9-21)20-4-6-22(7-5-20)29(3,23-10-16-26(31)17-11-23)24-12-18-27(32)19-13-24/h20-27,30-32H,4-19H2,1-3H3/i30D,31D,32D. The van der Waals surface area contributed by atoms with E-state index in [2.05, 4.69) is 20.8 Å². The van der Waals surface area contributed by atoms with E-state index < -0.39 is 0 Å². The molecule has 0 aromatic heterocycles. The van der Waals surface area contributed by atoms with Crippen LogP contribution < -0.4 is 0 Å². The minimum atomic E-state index is 0.134. The van der Waals surface area contributed by atoms with E-state index in [1.165, 1.54) is 64.2 Å². The Balaban J connectivity index is 1.42. The van der Waals surface area contributed by atoms with Gasteiger partial charge in [-0.05, 0) is 143 Å². The van der Waals surface area contributed by atoms with Crippen LogP contribution >= 0.6 is 0 Å². The van der Waals surface area contributed by atoms with Gasteiger partial charge in [-0.15, -0.1) is 0 Å². The highest BCUT2D eigenvalue weighted by molar-refractivity contribution is 5.00. The molecule has 0 amide bonds. The van der Waals surface area contributed by atoms with Crippen LogP contribution in [0.3, 0.4) is 0 Å². The quantitative estimate of drug-likeness (QED) is 0.396. The van der Waals surface area contributed by atoms with Crippen LogP contribution in [0, 0.1) is 40.4 Å². The second kappa shape index (κ2) is 10.2. The Kier molecular flexibility index (Phi) is 6.78. The lowest BCUT2D eigenvalue weighted by Gasteiger charge is -2.55. The van der Waals surface area contributed by atoms with Crippen molar-refractivity contribution >= 4 is 0 Å². The summed E-state index contributed by atoms with van der Waals surface area (Å²) in [6.07, 6.45) is 19.4. The molecule has 4 aliphatic rings. The molecule has 0 unspecified atom stereocenters. The van der Waals surface area contributed by atoms with Crippen molar-refractivity contribution in [2.24, 2.45) is 40.4 Å². The van der Waals surface area contributed by atoms with Crippen molar-refractivity contribution in [2.75, 3.05) is 0 Å². The van der Waals surface area contributed by atoms with Gasteiger partial charge in [0, 0.05) is 0 Å². The van der Waals surface area contributed by atoms with Gasteiger partial charge >= 0.3 is 0 Å². The zero-order valence-corrected chi connectivity index (χ0v) is 21.2. The first-order valence-electron chi connectivity index (χ1n) is 15.4. The van der Waals surface area contributed by atoms with Crippen molar-refractivity contribution in [3.63, 3.8) is 0 Å². The van der Waals surface area contributed by atoms with Crippen LogP contribution in [0.5, 0.6) is 0 Å². The molecule has 0 aromatic carbocycles. The first-order valence-corrected chi connectivity index (χ1v) is 14.2. The van der Waals surface area contributed by atoms with Gasteiger partial charge in [0.15, 0.2) is 0 Å². The molecule has 0 aliphatic heterocycles. The largest absolute Gasteiger partial charge is 0.393 e. The summed E-state index contributed by atoms with van der Waals surface area (Å²) in [6.45, 7) is 7.71. The molecule has 0 saturated heterocycles. The molecule has 32 heavy (non-hydrogen) atoms. The van der Waals surface area contributed by atoms with Crippen LogP contribution in [0.1, 0.15) is 124 Å². The van der Waals surface area contributed by atoms with E-state index in [-0.39, 0.29) is 18.3 Å². The Morgan fingerprint density at radius 3 is 1.00 bits per heavy atom. The monoisotopic (exact) mass is 451 g/mol. The molecule has 0 heterocycles. The second-order valence-electron chi connectivity index (χ2n) is 13.2. The van der Waals surface area contributed by atoms with Gasteiger partial charge < -0.3 is 15.3 Å². The predicted molar refractivity (Wildman–Crippen MR) is 131 cm³/mol. The van der Waals surface area contributed by atoms with Gasteiger partial charge in [0.1, 0.15) is 0 Å². The van der Waals surface area contributed by atoms with Gasteiger partial charge in [-0.2, -0.15) is 0 Å². The van der Waals surface area contributed by atoms with Crippen LogP contribution in [0.25, 0.3) is 0 Å². The normalized spacial score (nSPS) is 45.3. The fourth-order valence-electron chi connectivity index (χ4n) is 8.97. The van der Waals surface area contributed by atoms with Crippen LogP contribution in [0.2, 0.25) is 0 Å². The molecule has 0 spiro atoms. The summed E-state index contributed by atoms with van der Waals surface area (Å²) in [4.78, 5) is 0. The zero-order chi connectivity index (χ0) is 25.1. The lowest BCUT2D eigenvalue weighted by Crippen LogP contribution is -2.47. The molecule has 0 bridgehead atoms. The van der Waals surface area contributed by atoms with Gasteiger partial charge in [0.2, 0.25) is 4.29 Å². The van der Waals surface area contributed by atoms with Crippen molar-refractivity contribution < 1.29 is 15.3 Å². The summed E-state index contributed by atoms with van der Waals surface area (Å²) >= 11 is 0. The molecule has 0 atom stereocenters. The van der Waals surface area contributed by atoms with Crippen molar-refractivity contribution in [1.82, 2.24) is 0 Å². The van der Waals surface area contributed by atoms with E-state index in [1.807, 2.05) is 0 Å².